The van der Waals surface area contributed by atoms with Crippen LogP contribution in [-0.4, -0.2) is 56.2 Å². The van der Waals surface area contributed by atoms with Crippen molar-refractivity contribution in [3.05, 3.63) is 52.3 Å². The first-order chi connectivity index (χ1) is 16.4. The van der Waals surface area contributed by atoms with Gasteiger partial charge in [-0.25, -0.2) is 9.50 Å². The Bertz CT molecular complexity index is 1300. The molecule has 3 atom stereocenters. The van der Waals surface area contributed by atoms with E-state index in [0.717, 1.165) is 36.3 Å². The van der Waals surface area contributed by atoms with E-state index >= 15 is 0 Å². The normalized spacial score (nSPS) is 22.8. The lowest BCUT2D eigenvalue weighted by atomic mass is 9.98. The van der Waals surface area contributed by atoms with Crippen molar-refractivity contribution >= 4 is 34.7 Å². The van der Waals surface area contributed by atoms with Crippen molar-refractivity contribution in [2.45, 2.75) is 38.3 Å². The summed E-state index contributed by atoms with van der Waals surface area (Å²) in [5, 5.41) is 24.6. The molecule has 5 rings (SSSR count). The van der Waals surface area contributed by atoms with Crippen LogP contribution in [0.2, 0.25) is 5.02 Å². The maximum atomic E-state index is 13.4. The molecule has 0 spiro atoms. The van der Waals surface area contributed by atoms with Gasteiger partial charge in [-0.05, 0) is 44.4 Å². The van der Waals surface area contributed by atoms with E-state index in [4.69, 9.17) is 27.4 Å². The molecule has 2 aromatic heterocycles. The summed E-state index contributed by atoms with van der Waals surface area (Å²) in [7, 11) is 0. The molecule has 4 heterocycles. The highest BCUT2D eigenvalue weighted by Crippen LogP contribution is 2.34. The number of β-amino-alcohol motifs (C(OH)–C–C–N with tert-alkyl or cyclic N) is 1. The van der Waals surface area contributed by atoms with E-state index in [1.807, 2.05) is 29.0 Å². The number of nitriles is 1. The van der Waals surface area contributed by atoms with Gasteiger partial charge in [0.1, 0.15) is 5.82 Å². The number of nitrogens with zero attached hydrogens (tertiary/aromatic N) is 6. The minimum absolute atomic E-state index is 0.153. The number of piperidine rings is 1. The van der Waals surface area contributed by atoms with Gasteiger partial charge in [0.2, 0.25) is 0 Å². The SMILES string of the molecule is Cc1cn2nc([C@@H]3CCCCN3C(=O)c3cc(Cl)ccc3N)cc2nc1N1C[C@@H](O)[C@@H](C#N)C1. The van der Waals surface area contributed by atoms with E-state index < -0.39 is 12.0 Å². The van der Waals surface area contributed by atoms with E-state index in [9.17, 15) is 15.2 Å². The number of anilines is 2. The van der Waals surface area contributed by atoms with Gasteiger partial charge in [-0.1, -0.05) is 11.6 Å². The van der Waals surface area contributed by atoms with Crippen molar-refractivity contribution in [2.75, 3.05) is 30.3 Å². The molecule has 1 aromatic carbocycles. The fraction of sp³-hybridized carbons (Fsp3) is 0.417. The number of benzene rings is 1. The quantitative estimate of drug-likeness (QED) is 0.553. The van der Waals surface area contributed by atoms with Gasteiger partial charge in [0.05, 0.1) is 35.4 Å². The number of nitrogens with two attached hydrogens (primary N) is 1. The third-order valence-electron chi connectivity index (χ3n) is 6.73. The molecule has 2 aliphatic rings. The van der Waals surface area contributed by atoms with Crippen LogP contribution in [0.4, 0.5) is 11.5 Å². The topological polar surface area (TPSA) is 124 Å². The number of aryl methyl sites for hydroxylation is 1. The van der Waals surface area contributed by atoms with E-state index in [-0.39, 0.29) is 11.9 Å². The van der Waals surface area contributed by atoms with Gasteiger partial charge in [-0.15, -0.1) is 0 Å². The number of aromatic nitrogens is 3. The number of nitrogen functional groups attached to an aromatic ring is 1. The minimum Gasteiger partial charge on any atom is -0.398 e. The van der Waals surface area contributed by atoms with Gasteiger partial charge in [-0.2, -0.15) is 10.4 Å². The maximum Gasteiger partial charge on any atom is 0.256 e. The lowest BCUT2D eigenvalue weighted by molar-refractivity contribution is 0.0607. The third kappa shape index (κ3) is 3.93. The predicted octanol–water partition coefficient (Wildman–Crippen LogP) is 2.96. The Morgan fingerprint density at radius 1 is 1.29 bits per heavy atom. The molecule has 2 saturated heterocycles. The largest absolute Gasteiger partial charge is 0.398 e. The number of hydrogen-bond donors (Lipinski definition) is 2. The van der Waals surface area contributed by atoms with Crippen LogP contribution < -0.4 is 10.6 Å². The summed E-state index contributed by atoms with van der Waals surface area (Å²) >= 11 is 6.13. The molecule has 3 N–H and O–H groups in total. The van der Waals surface area contributed by atoms with E-state index in [2.05, 4.69) is 6.07 Å². The number of carbonyl (C=O) groups is 1. The summed E-state index contributed by atoms with van der Waals surface area (Å²) in [6.07, 6.45) is 3.91. The molecule has 0 radical (unpaired) electrons. The predicted molar refractivity (Wildman–Crippen MR) is 129 cm³/mol. The summed E-state index contributed by atoms with van der Waals surface area (Å²) in [6, 6.07) is 8.82. The number of carbonyl (C=O) groups excluding carboxylic acids is 1. The molecule has 3 aromatic rings. The van der Waals surface area contributed by atoms with Crippen molar-refractivity contribution in [3.63, 3.8) is 0 Å². The molecule has 2 aliphatic heterocycles. The van der Waals surface area contributed by atoms with Crippen LogP contribution in [0.1, 0.15) is 46.9 Å². The van der Waals surface area contributed by atoms with E-state index in [1.54, 1.807) is 22.7 Å². The highest BCUT2D eigenvalue weighted by atomic mass is 35.5. The third-order valence-corrected chi connectivity index (χ3v) is 6.96. The van der Waals surface area contributed by atoms with Gasteiger partial charge in [-0.3, -0.25) is 4.79 Å². The fourth-order valence-corrected chi connectivity index (χ4v) is 5.11. The number of fused-ring (bicyclic) bond motifs is 1. The molecule has 1 amide bonds. The Morgan fingerprint density at radius 2 is 2.12 bits per heavy atom. The van der Waals surface area contributed by atoms with Crippen LogP contribution in [0.25, 0.3) is 5.65 Å². The second kappa shape index (κ2) is 8.78. The van der Waals surface area contributed by atoms with Gasteiger partial charge < -0.3 is 20.6 Å². The Kier molecular flexibility index (Phi) is 5.80. The summed E-state index contributed by atoms with van der Waals surface area (Å²) in [6.45, 7) is 3.36. The molecule has 34 heavy (non-hydrogen) atoms. The summed E-state index contributed by atoms with van der Waals surface area (Å²) in [4.78, 5) is 22.0. The van der Waals surface area contributed by atoms with Gasteiger partial charge in [0.15, 0.2) is 5.65 Å². The molecule has 10 heteroatoms. The van der Waals surface area contributed by atoms with Crippen molar-refractivity contribution in [1.82, 2.24) is 19.5 Å². The van der Waals surface area contributed by atoms with Crippen molar-refractivity contribution in [3.8, 4) is 6.07 Å². The van der Waals surface area contributed by atoms with E-state index in [1.165, 1.54) is 0 Å². The van der Waals surface area contributed by atoms with Crippen LogP contribution in [0, 0.1) is 24.2 Å². The first-order valence-electron chi connectivity index (χ1n) is 11.4. The monoisotopic (exact) mass is 479 g/mol. The summed E-state index contributed by atoms with van der Waals surface area (Å²) in [5.74, 6) is 0.151. The first kappa shape index (κ1) is 22.4. The van der Waals surface area contributed by atoms with E-state index in [0.29, 0.717) is 41.6 Å². The second-order valence-electron chi connectivity index (χ2n) is 9.07. The minimum atomic E-state index is -0.691. The Morgan fingerprint density at radius 3 is 2.88 bits per heavy atom. The molecule has 0 unspecified atom stereocenters. The number of likely N-dealkylation sites (tertiary alicyclic amines) is 1. The number of rotatable bonds is 3. The first-order valence-corrected chi connectivity index (χ1v) is 11.8. The molecular formula is C24H26ClN7O2. The van der Waals surface area contributed by atoms with Crippen LogP contribution >= 0.6 is 11.6 Å². The Hall–Kier alpha value is -3.35. The molecular weight excluding hydrogens is 454 g/mol. The highest BCUT2D eigenvalue weighted by Gasteiger charge is 2.34. The molecule has 0 saturated carbocycles. The number of amides is 1. The van der Waals surface area contributed by atoms with Crippen molar-refractivity contribution < 1.29 is 9.90 Å². The summed E-state index contributed by atoms with van der Waals surface area (Å²) in [5.41, 5.74) is 9.22. The zero-order valence-corrected chi connectivity index (χ0v) is 19.6. The number of hydrogen-bond acceptors (Lipinski definition) is 7. The molecule has 0 bridgehead atoms. The fourth-order valence-electron chi connectivity index (χ4n) is 4.94. The van der Waals surface area contributed by atoms with Gasteiger partial charge in [0, 0.05) is 48.2 Å². The molecule has 9 nitrogen and oxygen atoms in total. The Labute approximate surface area is 202 Å². The Balaban J connectivity index is 1.47. The number of aliphatic hydroxyl groups is 1. The summed E-state index contributed by atoms with van der Waals surface area (Å²) < 4.78 is 1.73. The average molecular weight is 480 g/mol. The number of aliphatic hydroxyl groups excluding tert-OH is 1. The number of halogens is 1. The van der Waals surface area contributed by atoms with Gasteiger partial charge in [0.25, 0.3) is 5.91 Å². The molecule has 2 fully saturated rings. The lowest BCUT2D eigenvalue weighted by Crippen LogP contribution is -2.39. The molecule has 176 valence electrons. The zero-order valence-electron chi connectivity index (χ0n) is 18.9. The van der Waals surface area contributed by atoms with Crippen molar-refractivity contribution in [1.29, 1.82) is 5.26 Å². The smallest absolute Gasteiger partial charge is 0.256 e. The van der Waals surface area contributed by atoms with Crippen molar-refractivity contribution in [2.24, 2.45) is 5.92 Å². The van der Waals surface area contributed by atoms with Crippen LogP contribution in [-0.2, 0) is 0 Å². The zero-order chi connectivity index (χ0) is 24.0. The van der Waals surface area contributed by atoms with Crippen LogP contribution in [0.5, 0.6) is 0 Å². The van der Waals surface area contributed by atoms with Gasteiger partial charge >= 0.3 is 0 Å². The molecule has 0 aliphatic carbocycles. The lowest BCUT2D eigenvalue weighted by Gasteiger charge is -2.35. The van der Waals surface area contributed by atoms with Crippen LogP contribution in [0.15, 0.2) is 30.5 Å². The maximum absolute atomic E-state index is 13.4. The highest BCUT2D eigenvalue weighted by molar-refractivity contribution is 6.31. The second-order valence-corrected chi connectivity index (χ2v) is 9.51. The standard InChI is InChI=1S/C24H26ClN7O2/c1-14-11-32-22(28-23(14)30-12-15(10-26)21(33)13-30)9-19(29-32)20-4-2-3-7-31(20)24(34)17-8-16(25)5-6-18(17)27/h5-6,8-9,11,15,20-21,33H,2-4,7,12-13,27H2,1H3/t15-,20-,21+/m0/s1. The van der Waals surface area contributed by atoms with Crippen LogP contribution in [0.3, 0.4) is 0 Å². The average Bonchev–Trinajstić information content (AvgIpc) is 3.42.